The van der Waals surface area contributed by atoms with Crippen LogP contribution in [0.3, 0.4) is 0 Å². The van der Waals surface area contributed by atoms with E-state index >= 15 is 0 Å². The summed E-state index contributed by atoms with van der Waals surface area (Å²) in [6.45, 7) is 9.25. The van der Waals surface area contributed by atoms with Gasteiger partial charge in [-0.2, -0.15) is 0 Å². The van der Waals surface area contributed by atoms with E-state index in [1.54, 1.807) is 0 Å². The van der Waals surface area contributed by atoms with Crippen molar-refractivity contribution in [3.63, 3.8) is 0 Å². The topological polar surface area (TPSA) is 38.3 Å². The first-order valence-corrected chi connectivity index (χ1v) is 6.90. The molecule has 1 amide bonds. The van der Waals surface area contributed by atoms with Crippen molar-refractivity contribution in [2.75, 3.05) is 13.2 Å². The normalized spacial score (nSPS) is 11.6. The lowest BCUT2D eigenvalue weighted by molar-refractivity contribution is -0.125. The Morgan fingerprint density at radius 3 is 2.47 bits per heavy atom. The number of carbonyl (C=O) groups excluding carboxylic acids is 1. The van der Waals surface area contributed by atoms with Gasteiger partial charge in [0.15, 0.2) is 0 Å². The third-order valence-corrected chi connectivity index (χ3v) is 3.12. The molecule has 0 fully saturated rings. The maximum absolute atomic E-state index is 12.2. The van der Waals surface area contributed by atoms with Gasteiger partial charge in [0.1, 0.15) is 0 Å². The van der Waals surface area contributed by atoms with Crippen LogP contribution < -0.4 is 5.32 Å². The largest absolute Gasteiger partial charge is 0.379 e. The van der Waals surface area contributed by atoms with Gasteiger partial charge < -0.3 is 10.1 Å². The Morgan fingerprint density at radius 2 is 1.89 bits per heavy atom. The van der Waals surface area contributed by atoms with Crippen LogP contribution in [0.5, 0.6) is 0 Å². The Bertz CT molecular complexity index is 385. The molecule has 0 heterocycles. The van der Waals surface area contributed by atoms with Crippen LogP contribution in [0.2, 0.25) is 0 Å². The highest BCUT2D eigenvalue weighted by Gasteiger charge is 2.28. The van der Waals surface area contributed by atoms with Gasteiger partial charge in [-0.3, -0.25) is 4.79 Å². The third-order valence-electron chi connectivity index (χ3n) is 3.12. The Hall–Kier alpha value is -1.35. The number of nitrogens with one attached hydrogen (secondary N) is 1. The number of carbonyl (C=O) groups is 1. The molecular weight excluding hydrogens is 238 g/mol. The molecule has 0 spiro atoms. The monoisotopic (exact) mass is 263 g/mol. The summed E-state index contributed by atoms with van der Waals surface area (Å²) in [5, 5.41) is 2.98. The molecule has 0 aliphatic rings. The highest BCUT2D eigenvalue weighted by Crippen LogP contribution is 2.22. The van der Waals surface area contributed by atoms with Crippen molar-refractivity contribution in [3.05, 3.63) is 35.9 Å². The smallest absolute Gasteiger partial charge is 0.230 e. The van der Waals surface area contributed by atoms with Gasteiger partial charge in [-0.15, -0.1) is 0 Å². The molecule has 0 radical (unpaired) electrons. The lowest BCUT2D eigenvalue weighted by atomic mass is 9.84. The third kappa shape index (κ3) is 5.03. The molecule has 19 heavy (non-hydrogen) atoms. The highest BCUT2D eigenvalue weighted by molar-refractivity contribution is 5.87. The average molecular weight is 263 g/mol. The average Bonchev–Trinajstić information content (AvgIpc) is 2.38. The number of rotatable bonds is 7. The van der Waals surface area contributed by atoms with Crippen molar-refractivity contribution in [1.29, 1.82) is 0 Å². The standard InChI is InChI=1S/C16H25NO2/c1-13(2)19-12-8-11-17-15(18)16(3,4)14-9-6-5-7-10-14/h5-7,9-10,13H,8,11-12H2,1-4H3,(H,17,18). The summed E-state index contributed by atoms with van der Waals surface area (Å²) in [5.41, 5.74) is 0.533. The molecular formula is C16H25NO2. The fourth-order valence-electron chi connectivity index (χ4n) is 1.80. The summed E-state index contributed by atoms with van der Waals surface area (Å²) in [5.74, 6) is 0.0586. The van der Waals surface area contributed by atoms with Crippen LogP contribution in [0.4, 0.5) is 0 Å². The second kappa shape index (κ2) is 7.29. The summed E-state index contributed by atoms with van der Waals surface area (Å²) in [6, 6.07) is 9.85. The Labute approximate surface area is 116 Å². The van der Waals surface area contributed by atoms with Crippen molar-refractivity contribution < 1.29 is 9.53 Å². The number of benzene rings is 1. The summed E-state index contributed by atoms with van der Waals surface area (Å²) in [6.07, 6.45) is 1.09. The zero-order valence-electron chi connectivity index (χ0n) is 12.4. The molecule has 1 aromatic carbocycles. The quantitative estimate of drug-likeness (QED) is 0.768. The molecule has 3 heteroatoms. The molecule has 1 N–H and O–H groups in total. The van der Waals surface area contributed by atoms with E-state index in [-0.39, 0.29) is 12.0 Å². The molecule has 0 unspecified atom stereocenters. The fraction of sp³-hybridized carbons (Fsp3) is 0.562. The number of ether oxygens (including phenoxy) is 1. The van der Waals surface area contributed by atoms with Gasteiger partial charge in [-0.25, -0.2) is 0 Å². The SMILES string of the molecule is CC(C)OCCCNC(=O)C(C)(C)c1ccccc1. The predicted molar refractivity (Wildman–Crippen MR) is 78.2 cm³/mol. The molecule has 3 nitrogen and oxygen atoms in total. The maximum Gasteiger partial charge on any atom is 0.230 e. The molecule has 106 valence electrons. The van der Waals surface area contributed by atoms with E-state index in [2.05, 4.69) is 5.32 Å². The van der Waals surface area contributed by atoms with Crippen molar-refractivity contribution in [3.8, 4) is 0 Å². The summed E-state index contributed by atoms with van der Waals surface area (Å²) < 4.78 is 5.44. The van der Waals surface area contributed by atoms with Gasteiger partial charge in [-0.05, 0) is 39.7 Å². The minimum atomic E-state index is -0.500. The van der Waals surface area contributed by atoms with Crippen molar-refractivity contribution in [2.45, 2.75) is 45.6 Å². The predicted octanol–water partition coefficient (Wildman–Crippen LogP) is 2.90. The van der Waals surface area contributed by atoms with Crippen molar-refractivity contribution in [1.82, 2.24) is 5.32 Å². The van der Waals surface area contributed by atoms with Crippen LogP contribution >= 0.6 is 0 Å². The lowest BCUT2D eigenvalue weighted by Gasteiger charge is -2.24. The van der Waals surface area contributed by atoms with Gasteiger partial charge in [0.2, 0.25) is 5.91 Å². The van der Waals surface area contributed by atoms with Crippen LogP contribution in [0.15, 0.2) is 30.3 Å². The van der Waals surface area contributed by atoms with Gasteiger partial charge in [-0.1, -0.05) is 30.3 Å². The highest BCUT2D eigenvalue weighted by atomic mass is 16.5. The molecule has 0 aromatic heterocycles. The summed E-state index contributed by atoms with van der Waals surface area (Å²) in [7, 11) is 0. The van der Waals surface area contributed by atoms with Gasteiger partial charge in [0, 0.05) is 13.2 Å². The van der Waals surface area contributed by atoms with Crippen LogP contribution in [0.25, 0.3) is 0 Å². The number of amides is 1. The number of hydrogen-bond donors (Lipinski definition) is 1. The summed E-state index contributed by atoms with van der Waals surface area (Å²) in [4.78, 5) is 12.2. The number of hydrogen-bond acceptors (Lipinski definition) is 2. The minimum absolute atomic E-state index is 0.0586. The minimum Gasteiger partial charge on any atom is -0.379 e. The first-order chi connectivity index (χ1) is 8.94. The molecule has 0 aliphatic heterocycles. The molecule has 0 saturated carbocycles. The summed E-state index contributed by atoms with van der Waals surface area (Å²) >= 11 is 0. The zero-order chi connectivity index (χ0) is 14.3. The first-order valence-electron chi connectivity index (χ1n) is 6.90. The van der Waals surface area contributed by atoms with Crippen molar-refractivity contribution >= 4 is 5.91 Å². The molecule has 1 aromatic rings. The van der Waals surface area contributed by atoms with E-state index in [1.165, 1.54) is 0 Å². The molecule has 0 atom stereocenters. The molecule has 0 saturated heterocycles. The Morgan fingerprint density at radius 1 is 1.26 bits per heavy atom. The lowest BCUT2D eigenvalue weighted by Crippen LogP contribution is -2.40. The molecule has 0 bridgehead atoms. The van der Waals surface area contributed by atoms with Crippen LogP contribution in [0, 0.1) is 0 Å². The van der Waals surface area contributed by atoms with Gasteiger partial charge >= 0.3 is 0 Å². The Balaban J connectivity index is 2.40. The van der Waals surface area contributed by atoms with Crippen LogP contribution in [-0.2, 0) is 14.9 Å². The maximum atomic E-state index is 12.2. The van der Waals surface area contributed by atoms with E-state index in [9.17, 15) is 4.79 Å². The second-order valence-corrected chi connectivity index (χ2v) is 5.52. The van der Waals surface area contributed by atoms with E-state index in [0.29, 0.717) is 13.2 Å². The van der Waals surface area contributed by atoms with Gasteiger partial charge in [0.05, 0.1) is 11.5 Å². The van der Waals surface area contributed by atoms with Crippen molar-refractivity contribution in [2.24, 2.45) is 0 Å². The van der Waals surface area contributed by atoms with E-state index in [1.807, 2.05) is 58.0 Å². The molecule has 0 aliphatic carbocycles. The van der Waals surface area contributed by atoms with Crippen LogP contribution in [0.1, 0.15) is 39.7 Å². The molecule has 1 rings (SSSR count). The Kier molecular flexibility index (Phi) is 6.03. The van der Waals surface area contributed by atoms with E-state index < -0.39 is 5.41 Å². The van der Waals surface area contributed by atoms with Crippen LogP contribution in [-0.4, -0.2) is 25.2 Å². The van der Waals surface area contributed by atoms with E-state index in [0.717, 1.165) is 12.0 Å². The zero-order valence-corrected chi connectivity index (χ0v) is 12.4. The second-order valence-electron chi connectivity index (χ2n) is 5.52. The van der Waals surface area contributed by atoms with Gasteiger partial charge in [0.25, 0.3) is 0 Å². The first kappa shape index (κ1) is 15.7. The fourth-order valence-corrected chi connectivity index (χ4v) is 1.80. The van der Waals surface area contributed by atoms with E-state index in [4.69, 9.17) is 4.74 Å².